The number of esters is 1. The second-order valence-corrected chi connectivity index (χ2v) is 5.21. The van der Waals surface area contributed by atoms with Gasteiger partial charge in [0.2, 0.25) is 11.5 Å². The molecule has 2 rings (SSSR count). The van der Waals surface area contributed by atoms with E-state index in [0.717, 1.165) is 0 Å². The Hall–Kier alpha value is -2.80. The molecular formula is C16H14N2O4S. The minimum atomic E-state index is -1.01. The van der Waals surface area contributed by atoms with Gasteiger partial charge in [0.25, 0.3) is 0 Å². The van der Waals surface area contributed by atoms with Crippen LogP contribution >= 0.6 is 11.3 Å². The SMILES string of the molecule is CCOC(=O)/C(O)=C(\N=Nc1ccccc1)C(=O)c1cccs1. The summed E-state index contributed by atoms with van der Waals surface area (Å²) in [7, 11) is 0. The number of thiophene rings is 1. The molecule has 0 fully saturated rings. The molecule has 1 aromatic carbocycles. The Morgan fingerprint density at radius 1 is 1.17 bits per heavy atom. The molecule has 118 valence electrons. The molecule has 0 bridgehead atoms. The van der Waals surface area contributed by atoms with Gasteiger partial charge in [-0.05, 0) is 30.5 Å². The minimum Gasteiger partial charge on any atom is -0.500 e. The van der Waals surface area contributed by atoms with Gasteiger partial charge in [0, 0.05) is 0 Å². The van der Waals surface area contributed by atoms with E-state index in [2.05, 4.69) is 10.2 Å². The number of allylic oxidation sites excluding steroid dienone is 1. The smallest absolute Gasteiger partial charge is 0.375 e. The van der Waals surface area contributed by atoms with Crippen LogP contribution in [-0.4, -0.2) is 23.5 Å². The van der Waals surface area contributed by atoms with Crippen molar-refractivity contribution in [3.8, 4) is 0 Å². The number of benzene rings is 1. The molecule has 0 atom stereocenters. The summed E-state index contributed by atoms with van der Waals surface area (Å²) in [6.07, 6.45) is 0. The summed E-state index contributed by atoms with van der Waals surface area (Å²) in [4.78, 5) is 24.4. The fourth-order valence-corrected chi connectivity index (χ4v) is 2.29. The summed E-state index contributed by atoms with van der Waals surface area (Å²) in [6.45, 7) is 1.66. The van der Waals surface area contributed by atoms with E-state index in [1.165, 1.54) is 11.3 Å². The van der Waals surface area contributed by atoms with Crippen molar-refractivity contribution in [1.29, 1.82) is 0 Å². The Balaban J connectivity index is 2.39. The number of nitrogens with zero attached hydrogens (tertiary/aromatic N) is 2. The standard InChI is InChI=1S/C16H14N2O4S/c1-2-22-16(21)15(20)13(14(19)12-9-6-10-23-12)18-17-11-7-4-3-5-8-11/h3-10,20H,2H2,1H3/b15-13+,18-17?. The van der Waals surface area contributed by atoms with Crippen molar-refractivity contribution in [3.05, 3.63) is 64.2 Å². The first-order chi connectivity index (χ1) is 11.1. The predicted octanol–water partition coefficient (Wildman–Crippen LogP) is 4.05. The molecule has 0 unspecified atom stereocenters. The number of azo groups is 1. The van der Waals surface area contributed by atoms with Crippen molar-refractivity contribution in [2.45, 2.75) is 6.92 Å². The molecule has 0 radical (unpaired) electrons. The molecule has 0 saturated heterocycles. The van der Waals surface area contributed by atoms with Crippen molar-refractivity contribution in [1.82, 2.24) is 0 Å². The monoisotopic (exact) mass is 330 g/mol. The maximum Gasteiger partial charge on any atom is 0.375 e. The van der Waals surface area contributed by atoms with Gasteiger partial charge in [0.05, 0.1) is 17.2 Å². The third-order valence-corrected chi connectivity index (χ3v) is 3.54. The van der Waals surface area contributed by atoms with Crippen LogP contribution in [0.25, 0.3) is 0 Å². The lowest BCUT2D eigenvalue weighted by atomic mass is 10.2. The minimum absolute atomic E-state index is 0.0686. The van der Waals surface area contributed by atoms with Gasteiger partial charge >= 0.3 is 5.97 Å². The Morgan fingerprint density at radius 2 is 1.91 bits per heavy atom. The van der Waals surface area contributed by atoms with E-state index in [9.17, 15) is 14.7 Å². The first kappa shape index (κ1) is 16.6. The third kappa shape index (κ3) is 4.33. The highest BCUT2D eigenvalue weighted by molar-refractivity contribution is 7.12. The lowest BCUT2D eigenvalue weighted by Crippen LogP contribution is -2.13. The van der Waals surface area contributed by atoms with Crippen LogP contribution < -0.4 is 0 Å². The fraction of sp³-hybridized carbons (Fsp3) is 0.125. The molecule has 0 amide bonds. The van der Waals surface area contributed by atoms with Crippen LogP contribution in [0.15, 0.2) is 69.5 Å². The van der Waals surface area contributed by atoms with Crippen LogP contribution in [0.5, 0.6) is 0 Å². The summed E-state index contributed by atoms with van der Waals surface area (Å²) in [5.74, 6) is -2.46. The summed E-state index contributed by atoms with van der Waals surface area (Å²) in [5.41, 5.74) is 0.0374. The van der Waals surface area contributed by atoms with Gasteiger partial charge in [-0.2, -0.15) is 5.11 Å². The number of hydrogen-bond acceptors (Lipinski definition) is 7. The molecule has 0 aliphatic heterocycles. The molecule has 2 aromatic rings. The Bertz CT molecular complexity index is 737. The first-order valence-electron chi connectivity index (χ1n) is 6.78. The largest absolute Gasteiger partial charge is 0.500 e. The zero-order chi connectivity index (χ0) is 16.7. The molecule has 0 saturated carbocycles. The van der Waals surface area contributed by atoms with Gasteiger partial charge < -0.3 is 9.84 Å². The number of carbonyl (C=O) groups excluding carboxylic acids is 2. The lowest BCUT2D eigenvalue weighted by Gasteiger charge is -2.04. The van der Waals surface area contributed by atoms with Gasteiger partial charge in [-0.15, -0.1) is 16.5 Å². The highest BCUT2D eigenvalue weighted by Crippen LogP contribution is 2.20. The predicted molar refractivity (Wildman–Crippen MR) is 85.9 cm³/mol. The number of Topliss-reactive ketones (excluding diaryl/α,β-unsaturated/α-hetero) is 1. The normalized spacial score (nSPS) is 12.0. The van der Waals surface area contributed by atoms with E-state index in [-0.39, 0.29) is 6.61 Å². The van der Waals surface area contributed by atoms with E-state index in [1.54, 1.807) is 48.7 Å². The van der Waals surface area contributed by atoms with Crippen molar-refractivity contribution in [2.75, 3.05) is 6.61 Å². The highest BCUT2D eigenvalue weighted by Gasteiger charge is 2.24. The molecule has 0 aliphatic rings. The first-order valence-corrected chi connectivity index (χ1v) is 7.66. The van der Waals surface area contributed by atoms with Crippen molar-refractivity contribution >= 4 is 28.8 Å². The number of hydrogen-bond donors (Lipinski definition) is 1. The molecule has 23 heavy (non-hydrogen) atoms. The molecule has 0 spiro atoms. The van der Waals surface area contributed by atoms with Crippen LogP contribution in [0.1, 0.15) is 16.6 Å². The van der Waals surface area contributed by atoms with Gasteiger partial charge in [0.1, 0.15) is 0 Å². The molecule has 1 N–H and O–H groups in total. The Labute approximate surface area is 136 Å². The topological polar surface area (TPSA) is 88.3 Å². The van der Waals surface area contributed by atoms with Gasteiger partial charge in [-0.25, -0.2) is 4.79 Å². The molecule has 7 heteroatoms. The Morgan fingerprint density at radius 3 is 2.52 bits per heavy atom. The quantitative estimate of drug-likeness (QED) is 0.284. The summed E-state index contributed by atoms with van der Waals surface area (Å²) in [5, 5.41) is 19.3. The van der Waals surface area contributed by atoms with E-state index >= 15 is 0 Å². The second kappa shape index (κ2) is 8.00. The van der Waals surface area contributed by atoms with Crippen LogP contribution in [0.3, 0.4) is 0 Å². The average molecular weight is 330 g/mol. The van der Waals surface area contributed by atoms with Gasteiger partial charge in [-0.3, -0.25) is 4.79 Å². The third-order valence-electron chi connectivity index (χ3n) is 2.67. The zero-order valence-corrected chi connectivity index (χ0v) is 13.1. The van der Waals surface area contributed by atoms with E-state index in [0.29, 0.717) is 10.6 Å². The summed E-state index contributed by atoms with van der Waals surface area (Å²) in [6, 6.07) is 11.9. The van der Waals surface area contributed by atoms with Crippen molar-refractivity contribution < 1.29 is 19.4 Å². The Kier molecular flexibility index (Phi) is 5.76. The van der Waals surface area contributed by atoms with Gasteiger partial charge in [-0.1, -0.05) is 24.3 Å². The molecule has 6 nitrogen and oxygen atoms in total. The lowest BCUT2D eigenvalue weighted by molar-refractivity contribution is -0.141. The van der Waals surface area contributed by atoms with Crippen LogP contribution in [0, 0.1) is 0 Å². The number of aliphatic hydroxyl groups excluding tert-OH is 1. The van der Waals surface area contributed by atoms with Crippen molar-refractivity contribution in [2.24, 2.45) is 10.2 Å². The van der Waals surface area contributed by atoms with Crippen LogP contribution in [-0.2, 0) is 9.53 Å². The second-order valence-electron chi connectivity index (χ2n) is 4.26. The molecule has 0 aliphatic carbocycles. The fourth-order valence-electron chi connectivity index (χ4n) is 1.62. The summed E-state index contributed by atoms with van der Waals surface area (Å²) < 4.78 is 4.71. The number of carbonyl (C=O) groups is 2. The van der Waals surface area contributed by atoms with E-state index in [1.807, 2.05) is 6.07 Å². The maximum atomic E-state index is 12.4. The van der Waals surface area contributed by atoms with E-state index in [4.69, 9.17) is 4.74 Å². The highest BCUT2D eigenvalue weighted by atomic mass is 32.1. The average Bonchev–Trinajstić information content (AvgIpc) is 3.10. The number of aliphatic hydroxyl groups is 1. The number of rotatable bonds is 6. The van der Waals surface area contributed by atoms with Crippen molar-refractivity contribution in [3.63, 3.8) is 0 Å². The zero-order valence-electron chi connectivity index (χ0n) is 12.3. The maximum absolute atomic E-state index is 12.4. The molecule has 1 aromatic heterocycles. The number of ketones is 1. The van der Waals surface area contributed by atoms with Gasteiger partial charge in [0.15, 0.2) is 5.70 Å². The molecule has 1 heterocycles. The number of ether oxygens (including phenoxy) is 1. The molecular weight excluding hydrogens is 316 g/mol. The van der Waals surface area contributed by atoms with Crippen LogP contribution in [0.2, 0.25) is 0 Å². The van der Waals surface area contributed by atoms with E-state index < -0.39 is 23.2 Å². The van der Waals surface area contributed by atoms with Crippen LogP contribution in [0.4, 0.5) is 5.69 Å². The summed E-state index contributed by atoms with van der Waals surface area (Å²) >= 11 is 1.17.